The van der Waals surface area contributed by atoms with Gasteiger partial charge in [-0.05, 0) is 6.07 Å². The summed E-state index contributed by atoms with van der Waals surface area (Å²) in [5.74, 6) is 0. The summed E-state index contributed by atoms with van der Waals surface area (Å²) in [6, 6.07) is 12.1. The minimum Gasteiger partial charge on any atom is -0.296 e. The fourth-order valence-electron chi connectivity index (χ4n) is 2.08. The highest BCUT2D eigenvalue weighted by atomic mass is 16.6. The quantitative estimate of drug-likeness (QED) is 0.415. The number of fused-ring (bicyclic) bond motifs is 1. The van der Waals surface area contributed by atoms with Crippen molar-refractivity contribution >= 4 is 17.6 Å². The molecule has 0 unspecified atom stereocenters. The second kappa shape index (κ2) is 4.58. The molecule has 3 rings (SSSR count). The van der Waals surface area contributed by atoms with Gasteiger partial charge in [0.15, 0.2) is 6.29 Å². The van der Waals surface area contributed by atoms with Gasteiger partial charge in [0.25, 0.3) is 5.69 Å². The monoisotopic (exact) mass is 267 g/mol. The third-order valence-electron chi connectivity index (χ3n) is 3.01. The van der Waals surface area contributed by atoms with Gasteiger partial charge in [-0.25, -0.2) is 4.98 Å². The van der Waals surface area contributed by atoms with Crippen molar-refractivity contribution in [2.45, 2.75) is 0 Å². The van der Waals surface area contributed by atoms with Gasteiger partial charge in [-0.2, -0.15) is 0 Å². The number of rotatable bonds is 3. The molecule has 6 nitrogen and oxygen atoms in total. The van der Waals surface area contributed by atoms with E-state index in [-0.39, 0.29) is 5.69 Å². The number of carbonyl (C=O) groups excluding carboxylic acids is 1. The fraction of sp³-hybridized carbons (Fsp3) is 0. The predicted octanol–water partition coefficient (Wildman–Crippen LogP) is 2.72. The molecule has 0 aliphatic heterocycles. The summed E-state index contributed by atoms with van der Waals surface area (Å²) < 4.78 is 1.44. The zero-order chi connectivity index (χ0) is 14.1. The molecular weight excluding hydrogens is 258 g/mol. The average Bonchev–Trinajstić information content (AvgIpc) is 2.85. The first kappa shape index (κ1) is 12.0. The molecule has 0 N–H and O–H groups in total. The molecule has 0 saturated heterocycles. The number of imidazole rings is 1. The topological polar surface area (TPSA) is 77.5 Å². The van der Waals surface area contributed by atoms with E-state index in [4.69, 9.17) is 0 Å². The Bertz CT molecular complexity index is 809. The molecule has 6 heteroatoms. The minimum absolute atomic E-state index is 0.0855. The first-order chi connectivity index (χ1) is 9.70. The van der Waals surface area contributed by atoms with Gasteiger partial charge in [0.05, 0.1) is 11.1 Å². The van der Waals surface area contributed by atoms with Crippen LogP contribution >= 0.6 is 0 Å². The van der Waals surface area contributed by atoms with Gasteiger partial charge >= 0.3 is 0 Å². The SMILES string of the molecule is O=Cc1c(-c2ccccc2)nc2ccc([N+](=O)[O-])cn12. The lowest BCUT2D eigenvalue weighted by atomic mass is 10.1. The number of nitro groups is 1. The van der Waals surface area contributed by atoms with E-state index >= 15 is 0 Å². The Labute approximate surface area is 113 Å². The molecule has 2 heterocycles. The molecule has 20 heavy (non-hydrogen) atoms. The van der Waals surface area contributed by atoms with E-state index in [2.05, 4.69) is 4.98 Å². The first-order valence-corrected chi connectivity index (χ1v) is 5.88. The number of hydrogen-bond donors (Lipinski definition) is 0. The van der Waals surface area contributed by atoms with Crippen molar-refractivity contribution < 1.29 is 9.72 Å². The van der Waals surface area contributed by atoms with E-state index in [1.165, 1.54) is 22.7 Å². The van der Waals surface area contributed by atoms with Crippen molar-refractivity contribution in [3.8, 4) is 11.3 Å². The first-order valence-electron chi connectivity index (χ1n) is 5.88. The smallest absolute Gasteiger partial charge is 0.286 e. The van der Waals surface area contributed by atoms with Gasteiger partial charge in [0, 0.05) is 11.6 Å². The maximum atomic E-state index is 11.3. The summed E-state index contributed by atoms with van der Waals surface area (Å²) in [6.07, 6.45) is 1.96. The van der Waals surface area contributed by atoms with Crippen LogP contribution < -0.4 is 0 Å². The molecule has 0 fully saturated rings. The third-order valence-corrected chi connectivity index (χ3v) is 3.01. The van der Waals surface area contributed by atoms with Crippen molar-refractivity contribution in [2.24, 2.45) is 0 Å². The van der Waals surface area contributed by atoms with Crippen LogP contribution in [0.1, 0.15) is 10.5 Å². The molecule has 1 aromatic carbocycles. The van der Waals surface area contributed by atoms with Crippen LogP contribution in [0.5, 0.6) is 0 Å². The van der Waals surface area contributed by atoms with E-state index in [1.54, 1.807) is 0 Å². The number of carbonyl (C=O) groups is 1. The normalized spacial score (nSPS) is 10.6. The summed E-state index contributed by atoms with van der Waals surface area (Å²) >= 11 is 0. The molecule has 0 spiro atoms. The van der Waals surface area contributed by atoms with Crippen LogP contribution in [0.2, 0.25) is 0 Å². The number of benzene rings is 1. The van der Waals surface area contributed by atoms with E-state index in [9.17, 15) is 14.9 Å². The highest BCUT2D eigenvalue weighted by molar-refractivity contribution is 5.86. The van der Waals surface area contributed by atoms with Crippen molar-refractivity contribution in [1.29, 1.82) is 0 Å². The molecular formula is C14H9N3O3. The number of nitrogens with zero attached hydrogens (tertiary/aromatic N) is 3. The molecule has 0 aliphatic carbocycles. The van der Waals surface area contributed by atoms with E-state index in [0.717, 1.165) is 5.56 Å². The van der Waals surface area contributed by atoms with Gasteiger partial charge in [0.2, 0.25) is 0 Å². The largest absolute Gasteiger partial charge is 0.296 e. The third kappa shape index (κ3) is 1.83. The molecule has 0 saturated carbocycles. The predicted molar refractivity (Wildman–Crippen MR) is 72.7 cm³/mol. The van der Waals surface area contributed by atoms with Crippen molar-refractivity contribution in [3.05, 3.63) is 64.5 Å². The summed E-state index contributed by atoms with van der Waals surface area (Å²) in [4.78, 5) is 26.0. The Morgan fingerprint density at radius 3 is 2.55 bits per heavy atom. The summed E-state index contributed by atoms with van der Waals surface area (Å²) in [5.41, 5.74) is 2.02. The van der Waals surface area contributed by atoms with Crippen LogP contribution in [-0.4, -0.2) is 20.6 Å². The zero-order valence-electron chi connectivity index (χ0n) is 10.3. The van der Waals surface area contributed by atoms with Crippen LogP contribution in [0.25, 0.3) is 16.9 Å². The lowest BCUT2D eigenvalue weighted by Gasteiger charge is -1.98. The van der Waals surface area contributed by atoms with Gasteiger partial charge in [-0.1, -0.05) is 30.3 Å². The number of hydrogen-bond acceptors (Lipinski definition) is 4. The second-order valence-electron chi connectivity index (χ2n) is 4.20. The van der Waals surface area contributed by atoms with Crippen LogP contribution in [0.3, 0.4) is 0 Å². The van der Waals surface area contributed by atoms with E-state index < -0.39 is 4.92 Å². The Kier molecular flexibility index (Phi) is 2.76. The standard InChI is InChI=1S/C14H9N3O3/c18-9-12-14(10-4-2-1-3-5-10)15-13-7-6-11(17(19)20)8-16(12)13/h1-9H. The molecule has 3 aromatic rings. The molecule has 0 atom stereocenters. The Morgan fingerprint density at radius 1 is 1.15 bits per heavy atom. The zero-order valence-corrected chi connectivity index (χ0v) is 10.3. The maximum Gasteiger partial charge on any atom is 0.286 e. The van der Waals surface area contributed by atoms with Crippen LogP contribution in [-0.2, 0) is 0 Å². The lowest BCUT2D eigenvalue weighted by Crippen LogP contribution is -1.95. The highest BCUT2D eigenvalue weighted by Crippen LogP contribution is 2.24. The van der Waals surface area contributed by atoms with E-state index in [0.29, 0.717) is 23.3 Å². The average molecular weight is 267 g/mol. The Morgan fingerprint density at radius 2 is 1.90 bits per heavy atom. The molecule has 0 bridgehead atoms. The molecule has 0 radical (unpaired) electrons. The van der Waals surface area contributed by atoms with Crippen LogP contribution in [0.15, 0.2) is 48.7 Å². The van der Waals surface area contributed by atoms with E-state index in [1.807, 2.05) is 30.3 Å². The van der Waals surface area contributed by atoms with Gasteiger partial charge in [-0.15, -0.1) is 0 Å². The van der Waals surface area contributed by atoms with Crippen LogP contribution in [0.4, 0.5) is 5.69 Å². The van der Waals surface area contributed by atoms with Crippen molar-refractivity contribution in [1.82, 2.24) is 9.38 Å². The molecule has 98 valence electrons. The molecule has 2 aromatic heterocycles. The van der Waals surface area contributed by atoms with Gasteiger partial charge in [-0.3, -0.25) is 19.3 Å². The van der Waals surface area contributed by atoms with Gasteiger partial charge < -0.3 is 0 Å². The Hall–Kier alpha value is -3.02. The fourth-order valence-corrected chi connectivity index (χ4v) is 2.08. The Balaban J connectivity index is 2.29. The lowest BCUT2D eigenvalue weighted by molar-refractivity contribution is -0.385. The number of aldehydes is 1. The summed E-state index contributed by atoms with van der Waals surface area (Å²) in [7, 11) is 0. The van der Waals surface area contributed by atoms with Crippen molar-refractivity contribution in [2.75, 3.05) is 0 Å². The number of pyridine rings is 1. The van der Waals surface area contributed by atoms with Crippen LogP contribution in [0, 0.1) is 10.1 Å². The maximum absolute atomic E-state index is 11.3. The van der Waals surface area contributed by atoms with Gasteiger partial charge in [0.1, 0.15) is 17.0 Å². The highest BCUT2D eigenvalue weighted by Gasteiger charge is 2.15. The number of aromatic nitrogens is 2. The molecule has 0 aliphatic rings. The second-order valence-corrected chi connectivity index (χ2v) is 4.20. The summed E-state index contributed by atoms with van der Waals surface area (Å²) in [5, 5.41) is 10.8. The molecule has 0 amide bonds. The van der Waals surface area contributed by atoms with Crippen molar-refractivity contribution in [3.63, 3.8) is 0 Å². The minimum atomic E-state index is -0.504. The summed E-state index contributed by atoms with van der Waals surface area (Å²) in [6.45, 7) is 0.